The Balaban J connectivity index is 1.75. The quantitative estimate of drug-likeness (QED) is 0.696. The molecule has 4 nitrogen and oxygen atoms in total. The number of benzene rings is 2. The van der Waals surface area contributed by atoms with Gasteiger partial charge in [0.25, 0.3) is 5.91 Å². The lowest BCUT2D eigenvalue weighted by atomic mass is 10.1. The number of carbonyl (C=O) groups is 1. The highest BCUT2D eigenvalue weighted by atomic mass is 19.1. The number of aromatic nitrogens is 1. The lowest BCUT2D eigenvalue weighted by molar-refractivity contribution is 0.102. The fraction of sp³-hybridized carbons (Fsp3) is 0.100. The third-order valence-electron chi connectivity index (χ3n) is 3.88. The Kier molecular flexibility index (Phi) is 4.93. The SMILES string of the molecule is Cc1ccc(C)c(NC(=O)c2ccc(Nc3c(F)cccc3F)nc2)c1. The Labute approximate surface area is 149 Å². The lowest BCUT2D eigenvalue weighted by Crippen LogP contribution is -2.13. The first-order chi connectivity index (χ1) is 12.4. The van der Waals surface area contributed by atoms with Crippen molar-refractivity contribution in [1.29, 1.82) is 0 Å². The third kappa shape index (κ3) is 3.85. The molecule has 1 amide bonds. The topological polar surface area (TPSA) is 54.0 Å². The number of halogens is 2. The average Bonchev–Trinajstić information content (AvgIpc) is 2.62. The highest BCUT2D eigenvalue weighted by Gasteiger charge is 2.11. The van der Waals surface area contributed by atoms with E-state index in [9.17, 15) is 13.6 Å². The predicted molar refractivity (Wildman–Crippen MR) is 97.7 cm³/mol. The molecule has 0 bridgehead atoms. The van der Waals surface area contributed by atoms with Crippen molar-refractivity contribution < 1.29 is 13.6 Å². The number of rotatable bonds is 4. The molecule has 1 heterocycles. The molecule has 6 heteroatoms. The van der Waals surface area contributed by atoms with Crippen LogP contribution in [0.4, 0.5) is 26.0 Å². The molecule has 0 spiro atoms. The van der Waals surface area contributed by atoms with E-state index in [1.54, 1.807) is 0 Å². The summed E-state index contributed by atoms with van der Waals surface area (Å²) in [5.41, 5.74) is 2.77. The minimum Gasteiger partial charge on any atom is -0.335 e. The van der Waals surface area contributed by atoms with Crippen LogP contribution in [0.25, 0.3) is 0 Å². The lowest BCUT2D eigenvalue weighted by Gasteiger charge is -2.10. The smallest absolute Gasteiger partial charge is 0.257 e. The summed E-state index contributed by atoms with van der Waals surface area (Å²) >= 11 is 0. The van der Waals surface area contributed by atoms with Crippen molar-refractivity contribution in [3.63, 3.8) is 0 Å². The van der Waals surface area contributed by atoms with Crippen molar-refractivity contribution in [2.75, 3.05) is 10.6 Å². The summed E-state index contributed by atoms with van der Waals surface area (Å²) in [5, 5.41) is 5.42. The van der Waals surface area contributed by atoms with Crippen LogP contribution in [0.1, 0.15) is 21.5 Å². The zero-order valence-electron chi connectivity index (χ0n) is 14.3. The van der Waals surface area contributed by atoms with Gasteiger partial charge in [-0.2, -0.15) is 0 Å². The Morgan fingerprint density at radius 3 is 2.38 bits per heavy atom. The zero-order chi connectivity index (χ0) is 18.7. The molecular weight excluding hydrogens is 336 g/mol. The Morgan fingerprint density at radius 1 is 1.00 bits per heavy atom. The number of aryl methyl sites for hydroxylation is 2. The van der Waals surface area contributed by atoms with Crippen LogP contribution >= 0.6 is 0 Å². The van der Waals surface area contributed by atoms with E-state index in [4.69, 9.17) is 0 Å². The number of nitrogens with one attached hydrogen (secondary N) is 2. The van der Waals surface area contributed by atoms with Gasteiger partial charge in [0, 0.05) is 11.9 Å². The molecule has 0 aliphatic carbocycles. The molecule has 132 valence electrons. The van der Waals surface area contributed by atoms with E-state index in [1.807, 2.05) is 32.0 Å². The Morgan fingerprint density at radius 2 is 1.73 bits per heavy atom. The number of hydrogen-bond acceptors (Lipinski definition) is 3. The van der Waals surface area contributed by atoms with Gasteiger partial charge in [0.15, 0.2) is 0 Å². The molecule has 3 rings (SSSR count). The maximum absolute atomic E-state index is 13.7. The molecule has 2 N–H and O–H groups in total. The van der Waals surface area contributed by atoms with Crippen molar-refractivity contribution in [3.8, 4) is 0 Å². The van der Waals surface area contributed by atoms with Crippen LogP contribution < -0.4 is 10.6 Å². The van der Waals surface area contributed by atoms with Crippen LogP contribution in [0.2, 0.25) is 0 Å². The average molecular weight is 353 g/mol. The second-order valence-corrected chi connectivity index (χ2v) is 5.93. The van der Waals surface area contributed by atoms with E-state index in [1.165, 1.54) is 24.4 Å². The number of pyridine rings is 1. The molecule has 0 aliphatic heterocycles. The standard InChI is InChI=1S/C20H17F2N3O/c1-12-6-7-13(2)17(10-12)24-20(26)14-8-9-18(23-11-14)25-19-15(21)4-3-5-16(19)22/h3-11H,1-2H3,(H,23,25)(H,24,26). The van der Waals surface area contributed by atoms with E-state index < -0.39 is 11.6 Å². The van der Waals surface area contributed by atoms with Gasteiger partial charge in [-0.25, -0.2) is 13.8 Å². The first-order valence-electron chi connectivity index (χ1n) is 8.00. The van der Waals surface area contributed by atoms with Gasteiger partial charge in [-0.3, -0.25) is 4.79 Å². The monoisotopic (exact) mass is 353 g/mol. The van der Waals surface area contributed by atoms with Gasteiger partial charge in [-0.05, 0) is 55.3 Å². The van der Waals surface area contributed by atoms with Gasteiger partial charge in [0.2, 0.25) is 0 Å². The fourth-order valence-corrected chi connectivity index (χ4v) is 2.41. The van der Waals surface area contributed by atoms with Gasteiger partial charge in [0.1, 0.15) is 23.1 Å². The van der Waals surface area contributed by atoms with Crippen molar-refractivity contribution in [1.82, 2.24) is 4.98 Å². The number of amides is 1. The molecule has 0 aliphatic rings. The van der Waals surface area contributed by atoms with E-state index in [0.717, 1.165) is 28.9 Å². The van der Waals surface area contributed by atoms with Crippen LogP contribution in [0.3, 0.4) is 0 Å². The van der Waals surface area contributed by atoms with Gasteiger partial charge >= 0.3 is 0 Å². The summed E-state index contributed by atoms with van der Waals surface area (Å²) < 4.78 is 27.3. The zero-order valence-corrected chi connectivity index (χ0v) is 14.3. The molecule has 0 saturated heterocycles. The second-order valence-electron chi connectivity index (χ2n) is 5.93. The van der Waals surface area contributed by atoms with Crippen LogP contribution in [0, 0.1) is 25.5 Å². The fourth-order valence-electron chi connectivity index (χ4n) is 2.41. The van der Waals surface area contributed by atoms with Crippen LogP contribution in [0.5, 0.6) is 0 Å². The molecule has 3 aromatic rings. The third-order valence-corrected chi connectivity index (χ3v) is 3.88. The molecule has 0 saturated carbocycles. The summed E-state index contributed by atoms with van der Waals surface area (Å²) in [6.45, 7) is 3.85. The Bertz CT molecular complexity index is 936. The van der Waals surface area contributed by atoms with E-state index >= 15 is 0 Å². The van der Waals surface area contributed by atoms with Crippen LogP contribution in [0.15, 0.2) is 54.7 Å². The van der Waals surface area contributed by atoms with Crippen LogP contribution in [-0.2, 0) is 0 Å². The predicted octanol–water partition coefficient (Wildman–Crippen LogP) is 4.97. The van der Waals surface area contributed by atoms with E-state index in [0.29, 0.717) is 5.56 Å². The minimum atomic E-state index is -0.719. The molecule has 2 aromatic carbocycles. The number of nitrogens with zero attached hydrogens (tertiary/aromatic N) is 1. The summed E-state index contributed by atoms with van der Waals surface area (Å²) in [5.74, 6) is -1.51. The van der Waals surface area contributed by atoms with Gasteiger partial charge in [0.05, 0.1) is 5.56 Å². The molecule has 0 atom stereocenters. The summed E-state index contributed by atoms with van der Waals surface area (Å²) in [6, 6.07) is 12.4. The maximum Gasteiger partial charge on any atom is 0.257 e. The largest absolute Gasteiger partial charge is 0.335 e. The summed E-state index contributed by atoms with van der Waals surface area (Å²) in [7, 11) is 0. The molecule has 26 heavy (non-hydrogen) atoms. The highest BCUT2D eigenvalue weighted by molar-refractivity contribution is 6.04. The van der Waals surface area contributed by atoms with E-state index in [2.05, 4.69) is 15.6 Å². The minimum absolute atomic E-state index is 0.234. The van der Waals surface area contributed by atoms with Crippen molar-refractivity contribution >= 4 is 23.1 Å². The first-order valence-corrected chi connectivity index (χ1v) is 8.00. The van der Waals surface area contributed by atoms with Crippen molar-refractivity contribution in [3.05, 3.63) is 83.1 Å². The Hall–Kier alpha value is -3.28. The molecule has 0 unspecified atom stereocenters. The maximum atomic E-state index is 13.7. The number of carbonyl (C=O) groups excluding carboxylic acids is 1. The number of para-hydroxylation sites is 1. The highest BCUT2D eigenvalue weighted by Crippen LogP contribution is 2.22. The molecule has 0 fully saturated rings. The van der Waals surface area contributed by atoms with Gasteiger partial charge < -0.3 is 10.6 Å². The van der Waals surface area contributed by atoms with Gasteiger partial charge in [-0.1, -0.05) is 18.2 Å². The number of anilines is 3. The second kappa shape index (κ2) is 7.31. The number of hydrogen-bond donors (Lipinski definition) is 2. The summed E-state index contributed by atoms with van der Waals surface area (Å²) in [6.07, 6.45) is 1.35. The summed E-state index contributed by atoms with van der Waals surface area (Å²) in [4.78, 5) is 16.4. The van der Waals surface area contributed by atoms with E-state index in [-0.39, 0.29) is 17.4 Å². The normalized spacial score (nSPS) is 10.5. The molecule has 1 aromatic heterocycles. The van der Waals surface area contributed by atoms with Crippen molar-refractivity contribution in [2.24, 2.45) is 0 Å². The molecular formula is C20H17F2N3O. The van der Waals surface area contributed by atoms with Gasteiger partial charge in [-0.15, -0.1) is 0 Å². The first kappa shape index (κ1) is 17.5. The molecule has 0 radical (unpaired) electrons. The van der Waals surface area contributed by atoms with Crippen LogP contribution in [-0.4, -0.2) is 10.9 Å². The van der Waals surface area contributed by atoms with Crippen molar-refractivity contribution in [2.45, 2.75) is 13.8 Å².